The summed E-state index contributed by atoms with van der Waals surface area (Å²) in [7, 11) is -1.68. The highest BCUT2D eigenvalue weighted by Crippen LogP contribution is 2.18. The second kappa shape index (κ2) is 12.3. The van der Waals surface area contributed by atoms with E-state index in [2.05, 4.69) is 20.3 Å². The maximum Gasteiger partial charge on any atom is 0.251 e. The summed E-state index contributed by atoms with van der Waals surface area (Å²) in [5.41, 5.74) is 1.46. The molecule has 3 aromatic carbocycles. The highest BCUT2D eigenvalue weighted by atomic mass is 32.2. The SMILES string of the molecule is CN1CCC(NS(=O)(=O)c2ccc(NC(=O)C(Cc3ccccc3)NC(=O)c3ccc(F)cc3)cc2)CC1. The Bertz CT molecular complexity index is 1340. The molecule has 1 aliphatic rings. The van der Waals surface area contributed by atoms with E-state index in [1.165, 1.54) is 48.5 Å². The van der Waals surface area contributed by atoms with Gasteiger partial charge in [0.15, 0.2) is 0 Å². The number of halogens is 1. The molecule has 0 saturated carbocycles. The van der Waals surface area contributed by atoms with Crippen molar-refractivity contribution in [3.8, 4) is 0 Å². The van der Waals surface area contributed by atoms with E-state index in [1.807, 2.05) is 37.4 Å². The van der Waals surface area contributed by atoms with Crippen molar-refractivity contribution < 1.29 is 22.4 Å². The first-order valence-corrected chi connectivity index (χ1v) is 13.9. The second-order valence-electron chi connectivity index (χ2n) is 9.44. The standard InChI is InChI=1S/C28H31FN4O4S/c1-33-17-15-24(16-18-33)32-38(36,37)25-13-11-23(12-14-25)30-28(35)26(19-20-5-3-2-4-6-20)31-27(34)21-7-9-22(29)10-8-21/h2-14,24,26,32H,15-19H2,1H3,(H,30,35)(H,31,34). The molecule has 4 rings (SSSR count). The summed E-state index contributed by atoms with van der Waals surface area (Å²) in [4.78, 5) is 28.2. The predicted molar refractivity (Wildman–Crippen MR) is 144 cm³/mol. The van der Waals surface area contributed by atoms with Crippen molar-refractivity contribution in [2.45, 2.75) is 36.2 Å². The van der Waals surface area contributed by atoms with E-state index in [4.69, 9.17) is 0 Å². The molecule has 0 aliphatic carbocycles. The van der Waals surface area contributed by atoms with Gasteiger partial charge in [-0.1, -0.05) is 30.3 Å². The lowest BCUT2D eigenvalue weighted by Gasteiger charge is -2.29. The lowest BCUT2D eigenvalue weighted by atomic mass is 10.0. The highest BCUT2D eigenvalue weighted by molar-refractivity contribution is 7.89. The van der Waals surface area contributed by atoms with Crippen molar-refractivity contribution in [3.63, 3.8) is 0 Å². The van der Waals surface area contributed by atoms with Gasteiger partial charge in [-0.05, 0) is 87.1 Å². The Morgan fingerprint density at radius 3 is 2.21 bits per heavy atom. The van der Waals surface area contributed by atoms with Gasteiger partial charge in [0.05, 0.1) is 4.90 Å². The van der Waals surface area contributed by atoms with Crippen LogP contribution in [0.15, 0.2) is 83.8 Å². The number of nitrogens with one attached hydrogen (secondary N) is 3. The maximum absolute atomic E-state index is 13.3. The molecule has 38 heavy (non-hydrogen) atoms. The summed E-state index contributed by atoms with van der Waals surface area (Å²) in [5.74, 6) is -1.45. The summed E-state index contributed by atoms with van der Waals surface area (Å²) in [6.07, 6.45) is 1.72. The Hall–Kier alpha value is -3.60. The Morgan fingerprint density at radius 1 is 0.947 bits per heavy atom. The average molecular weight is 539 g/mol. The third kappa shape index (κ3) is 7.47. The molecule has 0 radical (unpaired) electrons. The maximum atomic E-state index is 13.3. The fourth-order valence-corrected chi connectivity index (χ4v) is 5.57. The number of likely N-dealkylation sites (tertiary alicyclic amines) is 1. The summed E-state index contributed by atoms with van der Waals surface area (Å²) in [6, 6.07) is 19.2. The van der Waals surface area contributed by atoms with Crippen molar-refractivity contribution in [2.75, 3.05) is 25.5 Å². The van der Waals surface area contributed by atoms with Crippen molar-refractivity contribution in [1.29, 1.82) is 0 Å². The van der Waals surface area contributed by atoms with Gasteiger partial charge < -0.3 is 15.5 Å². The Labute approximate surface area is 222 Å². The van der Waals surface area contributed by atoms with Gasteiger partial charge >= 0.3 is 0 Å². The van der Waals surface area contributed by atoms with Gasteiger partial charge in [0.2, 0.25) is 15.9 Å². The van der Waals surface area contributed by atoms with Crippen LogP contribution >= 0.6 is 0 Å². The van der Waals surface area contributed by atoms with Gasteiger partial charge in [-0.15, -0.1) is 0 Å². The van der Waals surface area contributed by atoms with E-state index in [-0.39, 0.29) is 22.9 Å². The molecule has 0 bridgehead atoms. The normalized spacial score (nSPS) is 15.5. The van der Waals surface area contributed by atoms with E-state index in [0.29, 0.717) is 5.69 Å². The van der Waals surface area contributed by atoms with Crippen LogP contribution in [-0.4, -0.2) is 57.4 Å². The van der Waals surface area contributed by atoms with Crippen molar-refractivity contribution in [2.24, 2.45) is 0 Å². The number of carbonyl (C=O) groups is 2. The van der Waals surface area contributed by atoms with Crippen molar-refractivity contribution >= 4 is 27.5 Å². The summed E-state index contributed by atoms with van der Waals surface area (Å²) >= 11 is 0. The third-order valence-electron chi connectivity index (χ3n) is 6.48. The highest BCUT2D eigenvalue weighted by Gasteiger charge is 2.25. The summed E-state index contributed by atoms with van der Waals surface area (Å²) in [6.45, 7) is 1.67. The second-order valence-corrected chi connectivity index (χ2v) is 11.1. The zero-order valence-corrected chi connectivity index (χ0v) is 21.9. The molecule has 1 unspecified atom stereocenters. The molecular weight excluding hydrogens is 507 g/mol. The number of anilines is 1. The van der Waals surface area contributed by atoms with Gasteiger partial charge in [0, 0.05) is 23.7 Å². The molecule has 200 valence electrons. The number of piperidine rings is 1. The van der Waals surface area contributed by atoms with Crippen LogP contribution in [0.5, 0.6) is 0 Å². The van der Waals surface area contributed by atoms with Crippen LogP contribution in [0.25, 0.3) is 0 Å². The molecule has 1 aliphatic heterocycles. The van der Waals surface area contributed by atoms with E-state index in [1.54, 1.807) is 0 Å². The van der Waals surface area contributed by atoms with E-state index < -0.39 is 33.7 Å². The van der Waals surface area contributed by atoms with Gasteiger partial charge in [-0.2, -0.15) is 0 Å². The number of hydrogen-bond acceptors (Lipinski definition) is 5. The first-order valence-electron chi connectivity index (χ1n) is 12.4. The zero-order chi connectivity index (χ0) is 27.1. The minimum Gasteiger partial charge on any atom is -0.340 e. The fourth-order valence-electron chi connectivity index (χ4n) is 4.26. The number of amides is 2. The van der Waals surface area contributed by atoms with E-state index >= 15 is 0 Å². The summed E-state index contributed by atoms with van der Waals surface area (Å²) < 4.78 is 41.7. The topological polar surface area (TPSA) is 108 Å². The fraction of sp³-hybridized carbons (Fsp3) is 0.286. The van der Waals surface area contributed by atoms with Crippen LogP contribution in [0, 0.1) is 5.82 Å². The van der Waals surface area contributed by atoms with Crippen LogP contribution < -0.4 is 15.4 Å². The number of sulfonamides is 1. The van der Waals surface area contributed by atoms with E-state index in [9.17, 15) is 22.4 Å². The van der Waals surface area contributed by atoms with Gasteiger partial charge in [-0.25, -0.2) is 17.5 Å². The molecule has 1 atom stereocenters. The number of benzene rings is 3. The molecular formula is C28H31FN4O4S. The first kappa shape index (κ1) is 27.4. The molecule has 3 N–H and O–H groups in total. The average Bonchev–Trinajstić information content (AvgIpc) is 2.91. The minimum atomic E-state index is -3.69. The molecule has 1 heterocycles. The van der Waals surface area contributed by atoms with Crippen LogP contribution in [0.4, 0.5) is 10.1 Å². The van der Waals surface area contributed by atoms with Crippen molar-refractivity contribution in [1.82, 2.24) is 14.9 Å². The minimum absolute atomic E-state index is 0.111. The Morgan fingerprint density at radius 2 is 1.58 bits per heavy atom. The monoisotopic (exact) mass is 538 g/mol. The molecule has 1 fully saturated rings. The van der Waals surface area contributed by atoms with Gasteiger partial charge in [0.25, 0.3) is 5.91 Å². The molecule has 0 aromatic heterocycles. The first-order chi connectivity index (χ1) is 18.2. The van der Waals surface area contributed by atoms with Crippen LogP contribution in [0.3, 0.4) is 0 Å². The van der Waals surface area contributed by atoms with Crippen LogP contribution in [0.2, 0.25) is 0 Å². The third-order valence-corrected chi connectivity index (χ3v) is 8.02. The lowest BCUT2D eigenvalue weighted by molar-refractivity contribution is -0.118. The van der Waals surface area contributed by atoms with Gasteiger partial charge in [0.1, 0.15) is 11.9 Å². The van der Waals surface area contributed by atoms with E-state index in [0.717, 1.165) is 31.5 Å². The number of hydrogen-bond donors (Lipinski definition) is 3. The lowest BCUT2D eigenvalue weighted by Crippen LogP contribution is -2.45. The molecule has 8 nitrogen and oxygen atoms in total. The van der Waals surface area contributed by atoms with Gasteiger partial charge in [-0.3, -0.25) is 9.59 Å². The number of rotatable bonds is 9. The molecule has 1 saturated heterocycles. The van der Waals surface area contributed by atoms with Crippen molar-refractivity contribution in [3.05, 3.63) is 95.8 Å². The smallest absolute Gasteiger partial charge is 0.251 e. The Kier molecular flexibility index (Phi) is 8.88. The molecule has 2 amide bonds. The largest absolute Gasteiger partial charge is 0.340 e. The number of nitrogens with zero attached hydrogens (tertiary/aromatic N) is 1. The molecule has 10 heteroatoms. The molecule has 0 spiro atoms. The predicted octanol–water partition coefficient (Wildman–Crippen LogP) is 3.18. The van der Waals surface area contributed by atoms with Crippen LogP contribution in [-0.2, 0) is 21.2 Å². The quantitative estimate of drug-likeness (QED) is 0.388. The Balaban J connectivity index is 1.44. The molecule has 3 aromatic rings. The zero-order valence-electron chi connectivity index (χ0n) is 21.1. The summed E-state index contributed by atoms with van der Waals surface area (Å²) in [5, 5.41) is 5.48. The van der Waals surface area contributed by atoms with Crippen LogP contribution in [0.1, 0.15) is 28.8 Å². The number of carbonyl (C=O) groups excluding carboxylic acids is 2.